The second-order valence-corrected chi connectivity index (χ2v) is 7.07. The van der Waals surface area contributed by atoms with E-state index in [0.29, 0.717) is 15.8 Å². The van der Waals surface area contributed by atoms with Crippen LogP contribution in [-0.2, 0) is 0 Å². The molecule has 20 heavy (non-hydrogen) atoms. The van der Waals surface area contributed by atoms with Crippen LogP contribution in [0.1, 0.15) is 17.2 Å². The Labute approximate surface area is 149 Å². The Balaban J connectivity index is 2.50. The first-order valence-corrected chi connectivity index (χ1v) is 8.30. The van der Waals surface area contributed by atoms with E-state index in [1.165, 1.54) is 0 Å². The van der Waals surface area contributed by atoms with Crippen molar-refractivity contribution in [1.29, 1.82) is 0 Å². The monoisotopic (exact) mass is 485 g/mol. The molecule has 0 radical (unpaired) electrons. The van der Waals surface area contributed by atoms with Gasteiger partial charge in [0.25, 0.3) is 0 Å². The minimum absolute atomic E-state index is 0.366. The molecule has 0 aliphatic rings. The van der Waals surface area contributed by atoms with Crippen molar-refractivity contribution < 1.29 is 4.74 Å². The molecule has 0 saturated heterocycles. The lowest BCUT2D eigenvalue weighted by Crippen LogP contribution is -2.13. The Kier molecular flexibility index (Phi) is 5.59. The topological polar surface area (TPSA) is 35.2 Å². The van der Waals surface area contributed by atoms with Crippen LogP contribution < -0.4 is 10.5 Å². The molecule has 6 heteroatoms. The summed E-state index contributed by atoms with van der Waals surface area (Å²) < 4.78 is 7.18. The van der Waals surface area contributed by atoms with Gasteiger partial charge in [0, 0.05) is 19.1 Å². The molecule has 1 unspecified atom stereocenters. The van der Waals surface area contributed by atoms with Gasteiger partial charge in [-0.2, -0.15) is 0 Å². The molecule has 0 heterocycles. The first-order valence-electron chi connectivity index (χ1n) is 5.67. The van der Waals surface area contributed by atoms with Gasteiger partial charge < -0.3 is 10.5 Å². The Morgan fingerprint density at radius 1 is 1.15 bits per heavy atom. The minimum atomic E-state index is -0.366. The molecule has 0 amide bonds. The molecule has 0 saturated carbocycles. The quantitative estimate of drug-likeness (QED) is 0.588. The SMILES string of the molecule is COc1cc(Cl)c(C(N)c2cc(I)ccc2Br)cc1Cl. The molecular weight excluding hydrogens is 476 g/mol. The largest absolute Gasteiger partial charge is 0.495 e. The van der Waals surface area contributed by atoms with Gasteiger partial charge in [-0.05, 0) is 58.0 Å². The maximum Gasteiger partial charge on any atom is 0.138 e. The van der Waals surface area contributed by atoms with Gasteiger partial charge >= 0.3 is 0 Å². The molecule has 2 rings (SSSR count). The fourth-order valence-corrected chi connectivity index (χ4v) is 3.39. The zero-order valence-corrected chi connectivity index (χ0v) is 15.7. The molecule has 2 N–H and O–H groups in total. The lowest BCUT2D eigenvalue weighted by atomic mass is 9.99. The smallest absolute Gasteiger partial charge is 0.138 e. The molecular formula is C14H11BrCl2INO. The average Bonchev–Trinajstić information content (AvgIpc) is 2.42. The van der Waals surface area contributed by atoms with Crippen molar-refractivity contribution in [3.8, 4) is 5.75 Å². The Morgan fingerprint density at radius 2 is 1.85 bits per heavy atom. The van der Waals surface area contributed by atoms with E-state index in [1.807, 2.05) is 18.2 Å². The summed E-state index contributed by atoms with van der Waals surface area (Å²) in [6.45, 7) is 0. The Bertz CT molecular complexity index is 651. The number of halogens is 4. The van der Waals surface area contributed by atoms with Gasteiger partial charge in [-0.3, -0.25) is 0 Å². The highest BCUT2D eigenvalue weighted by Gasteiger charge is 2.18. The minimum Gasteiger partial charge on any atom is -0.495 e. The summed E-state index contributed by atoms with van der Waals surface area (Å²) in [4.78, 5) is 0. The van der Waals surface area contributed by atoms with Crippen molar-refractivity contribution in [1.82, 2.24) is 0 Å². The normalized spacial score (nSPS) is 12.3. The number of rotatable bonds is 3. The van der Waals surface area contributed by atoms with Gasteiger partial charge in [-0.25, -0.2) is 0 Å². The van der Waals surface area contributed by atoms with Crippen molar-refractivity contribution in [2.24, 2.45) is 5.73 Å². The second-order valence-electron chi connectivity index (χ2n) is 4.15. The lowest BCUT2D eigenvalue weighted by molar-refractivity contribution is 0.415. The maximum absolute atomic E-state index is 6.33. The number of hydrogen-bond acceptors (Lipinski definition) is 2. The van der Waals surface area contributed by atoms with E-state index < -0.39 is 0 Å². The third-order valence-corrected chi connectivity index (χ3v) is 4.92. The maximum atomic E-state index is 6.33. The van der Waals surface area contributed by atoms with Crippen LogP contribution in [0.25, 0.3) is 0 Å². The van der Waals surface area contributed by atoms with E-state index in [2.05, 4.69) is 38.5 Å². The lowest BCUT2D eigenvalue weighted by Gasteiger charge is -2.17. The highest BCUT2D eigenvalue weighted by atomic mass is 127. The zero-order chi connectivity index (χ0) is 14.9. The molecule has 0 aliphatic heterocycles. The number of benzene rings is 2. The first kappa shape index (κ1) is 16.4. The molecule has 0 spiro atoms. The summed E-state index contributed by atoms with van der Waals surface area (Å²) >= 11 is 18.2. The van der Waals surface area contributed by atoms with E-state index >= 15 is 0 Å². The summed E-state index contributed by atoms with van der Waals surface area (Å²) in [5, 5.41) is 1.02. The van der Waals surface area contributed by atoms with Crippen LogP contribution in [0.4, 0.5) is 0 Å². The molecule has 0 fully saturated rings. The molecule has 2 aromatic carbocycles. The van der Waals surface area contributed by atoms with Gasteiger partial charge in [0.15, 0.2) is 0 Å². The van der Waals surface area contributed by atoms with Crippen molar-refractivity contribution in [3.63, 3.8) is 0 Å². The zero-order valence-electron chi connectivity index (χ0n) is 10.5. The third-order valence-electron chi connectivity index (χ3n) is 2.90. The van der Waals surface area contributed by atoms with E-state index in [1.54, 1.807) is 19.2 Å². The van der Waals surface area contributed by atoms with Gasteiger partial charge in [-0.1, -0.05) is 39.1 Å². The van der Waals surface area contributed by atoms with E-state index in [-0.39, 0.29) is 6.04 Å². The van der Waals surface area contributed by atoms with Crippen LogP contribution in [-0.4, -0.2) is 7.11 Å². The van der Waals surface area contributed by atoms with Gasteiger partial charge in [0.2, 0.25) is 0 Å². The van der Waals surface area contributed by atoms with Crippen molar-refractivity contribution in [2.45, 2.75) is 6.04 Å². The van der Waals surface area contributed by atoms with E-state index in [4.69, 9.17) is 33.7 Å². The van der Waals surface area contributed by atoms with Crippen LogP contribution in [0.5, 0.6) is 5.75 Å². The molecule has 2 aromatic rings. The van der Waals surface area contributed by atoms with Gasteiger partial charge in [0.1, 0.15) is 5.75 Å². The fourth-order valence-electron chi connectivity index (χ4n) is 1.86. The van der Waals surface area contributed by atoms with Crippen molar-refractivity contribution >= 4 is 61.7 Å². The summed E-state index contributed by atoms with van der Waals surface area (Å²) in [7, 11) is 1.55. The molecule has 0 bridgehead atoms. The van der Waals surface area contributed by atoms with E-state index in [9.17, 15) is 0 Å². The number of methoxy groups -OCH3 is 1. The van der Waals surface area contributed by atoms with Crippen molar-refractivity contribution in [2.75, 3.05) is 7.11 Å². The first-order chi connectivity index (χ1) is 9.43. The fraction of sp³-hybridized carbons (Fsp3) is 0.143. The predicted molar refractivity (Wildman–Crippen MR) is 95.9 cm³/mol. The van der Waals surface area contributed by atoms with Gasteiger partial charge in [0.05, 0.1) is 18.2 Å². The predicted octanol–water partition coefficient (Wildman–Crippen LogP) is 5.42. The Hall–Kier alpha value is -0.0100. The highest BCUT2D eigenvalue weighted by molar-refractivity contribution is 14.1. The molecule has 2 nitrogen and oxygen atoms in total. The van der Waals surface area contributed by atoms with Crippen LogP contribution in [0.3, 0.4) is 0 Å². The van der Waals surface area contributed by atoms with Crippen LogP contribution in [0.2, 0.25) is 10.0 Å². The average molecular weight is 487 g/mol. The van der Waals surface area contributed by atoms with E-state index in [0.717, 1.165) is 19.2 Å². The summed E-state index contributed by atoms with van der Waals surface area (Å²) in [6.07, 6.45) is 0. The molecule has 0 aliphatic carbocycles. The Morgan fingerprint density at radius 3 is 2.50 bits per heavy atom. The standard InChI is InChI=1S/C14H11BrCl2INO/c1-20-13-6-11(16)9(5-12(13)17)14(19)8-4-7(18)2-3-10(8)15/h2-6,14H,19H2,1H3. The van der Waals surface area contributed by atoms with Crippen LogP contribution in [0, 0.1) is 3.57 Å². The molecule has 0 aromatic heterocycles. The third kappa shape index (κ3) is 3.42. The van der Waals surface area contributed by atoms with Crippen LogP contribution in [0.15, 0.2) is 34.8 Å². The van der Waals surface area contributed by atoms with Crippen LogP contribution >= 0.6 is 61.7 Å². The van der Waals surface area contributed by atoms with Gasteiger partial charge in [-0.15, -0.1) is 0 Å². The summed E-state index contributed by atoms with van der Waals surface area (Å²) in [6, 6.07) is 9.05. The summed E-state index contributed by atoms with van der Waals surface area (Å²) in [5.74, 6) is 0.536. The number of ether oxygens (including phenoxy) is 1. The highest BCUT2D eigenvalue weighted by Crippen LogP contribution is 2.37. The van der Waals surface area contributed by atoms with Crippen molar-refractivity contribution in [3.05, 3.63) is 59.5 Å². The number of hydrogen-bond donors (Lipinski definition) is 1. The second kappa shape index (κ2) is 6.83. The summed E-state index contributed by atoms with van der Waals surface area (Å²) in [5.41, 5.74) is 8.05. The molecule has 1 atom stereocenters. The molecule has 106 valence electrons. The number of nitrogens with two attached hydrogens (primary N) is 1.